The van der Waals surface area contributed by atoms with Gasteiger partial charge in [-0.3, -0.25) is 9.59 Å². The molecule has 2 aromatic heterocycles. The number of benzene rings is 2. The zero-order valence-corrected chi connectivity index (χ0v) is 19.7. The SMILES string of the molecule is CNC(=O)c1cc(C#N)cc(C)c1NC(=O)c1cc(Cn2nnc(C(F)(F)F)n2)nn1-c1ccccc1F. The third kappa shape index (κ3) is 5.19. The predicted octanol–water partition coefficient (Wildman–Crippen LogP) is 2.86. The number of nitriles is 1. The van der Waals surface area contributed by atoms with Crippen molar-refractivity contribution in [2.45, 2.75) is 19.6 Å². The molecule has 0 spiro atoms. The summed E-state index contributed by atoms with van der Waals surface area (Å²) < 4.78 is 54.1. The fourth-order valence-corrected chi connectivity index (χ4v) is 3.55. The number of nitrogens with one attached hydrogen (secondary N) is 2. The van der Waals surface area contributed by atoms with Crippen LogP contribution < -0.4 is 10.6 Å². The summed E-state index contributed by atoms with van der Waals surface area (Å²) in [6.07, 6.45) is -4.81. The van der Waals surface area contributed by atoms with Crippen molar-refractivity contribution in [3.05, 3.63) is 82.2 Å². The molecule has 0 aliphatic rings. The Morgan fingerprint density at radius 2 is 1.84 bits per heavy atom. The van der Waals surface area contributed by atoms with Crippen LogP contribution in [0.4, 0.5) is 23.2 Å². The highest BCUT2D eigenvalue weighted by molar-refractivity contribution is 6.09. The van der Waals surface area contributed by atoms with Gasteiger partial charge in [0.2, 0.25) is 0 Å². The molecule has 0 aliphatic heterocycles. The zero-order valence-electron chi connectivity index (χ0n) is 19.7. The number of aromatic nitrogens is 6. The van der Waals surface area contributed by atoms with Crippen molar-refractivity contribution < 1.29 is 27.2 Å². The second-order valence-corrected chi connectivity index (χ2v) is 7.89. The number of para-hydroxylation sites is 1. The van der Waals surface area contributed by atoms with Gasteiger partial charge in [-0.05, 0) is 48.0 Å². The Morgan fingerprint density at radius 1 is 1.11 bits per heavy atom. The molecule has 194 valence electrons. The van der Waals surface area contributed by atoms with Crippen molar-refractivity contribution >= 4 is 17.5 Å². The Morgan fingerprint density at radius 3 is 2.47 bits per heavy atom. The minimum Gasteiger partial charge on any atom is -0.355 e. The summed E-state index contributed by atoms with van der Waals surface area (Å²) in [6, 6.07) is 11.3. The number of hydrogen-bond acceptors (Lipinski definition) is 7. The Balaban J connectivity index is 1.76. The molecule has 0 bridgehead atoms. The summed E-state index contributed by atoms with van der Waals surface area (Å²) in [5.41, 5.74) is 0.413. The lowest BCUT2D eigenvalue weighted by Crippen LogP contribution is -2.23. The van der Waals surface area contributed by atoms with E-state index in [-0.39, 0.29) is 33.9 Å². The van der Waals surface area contributed by atoms with Crippen LogP contribution in [0.5, 0.6) is 0 Å². The summed E-state index contributed by atoms with van der Waals surface area (Å²) in [7, 11) is 1.38. The molecule has 0 aliphatic carbocycles. The van der Waals surface area contributed by atoms with Crippen LogP contribution in [0.15, 0.2) is 42.5 Å². The number of hydrogen-bond donors (Lipinski definition) is 2. The average molecular weight is 527 g/mol. The van der Waals surface area contributed by atoms with Gasteiger partial charge in [-0.1, -0.05) is 12.1 Å². The fraction of sp³-hybridized carbons (Fsp3) is 0.174. The maximum Gasteiger partial charge on any atom is 0.455 e. The molecule has 0 saturated carbocycles. The van der Waals surface area contributed by atoms with Crippen LogP contribution in [0.25, 0.3) is 5.69 Å². The number of aryl methyl sites for hydroxylation is 1. The van der Waals surface area contributed by atoms with Crippen LogP contribution in [-0.4, -0.2) is 48.8 Å². The average Bonchev–Trinajstić information content (AvgIpc) is 3.52. The third-order valence-electron chi connectivity index (χ3n) is 5.26. The molecule has 0 atom stereocenters. The van der Waals surface area contributed by atoms with Gasteiger partial charge in [0.05, 0.1) is 28.6 Å². The summed E-state index contributed by atoms with van der Waals surface area (Å²) >= 11 is 0. The standard InChI is InChI=1S/C23H17F4N9O2/c1-12-7-13(10-28)8-15(20(37)29-2)19(12)30-21(38)18-9-14(11-35-33-22(31-34-35)23(25,26)27)32-36(18)17-6-4-3-5-16(17)24/h3-9H,11H2,1-2H3,(H,29,37)(H,30,38). The van der Waals surface area contributed by atoms with Crippen LogP contribution in [0.2, 0.25) is 0 Å². The molecule has 4 rings (SSSR count). The van der Waals surface area contributed by atoms with Crippen LogP contribution in [0.1, 0.15) is 43.5 Å². The van der Waals surface area contributed by atoms with E-state index in [0.717, 1.165) is 10.7 Å². The number of tetrazole rings is 1. The van der Waals surface area contributed by atoms with E-state index in [9.17, 15) is 32.4 Å². The molecule has 38 heavy (non-hydrogen) atoms. The van der Waals surface area contributed by atoms with E-state index in [1.807, 2.05) is 6.07 Å². The first-order valence-electron chi connectivity index (χ1n) is 10.8. The van der Waals surface area contributed by atoms with Gasteiger partial charge in [-0.25, -0.2) is 9.07 Å². The summed E-state index contributed by atoms with van der Waals surface area (Å²) in [4.78, 5) is 26.5. The number of halogens is 4. The van der Waals surface area contributed by atoms with Crippen molar-refractivity contribution in [2.24, 2.45) is 0 Å². The molecule has 11 nitrogen and oxygen atoms in total. The lowest BCUT2D eigenvalue weighted by Gasteiger charge is -2.14. The molecule has 2 heterocycles. The highest BCUT2D eigenvalue weighted by atomic mass is 19.4. The molecular weight excluding hydrogens is 510 g/mol. The van der Waals surface area contributed by atoms with E-state index < -0.39 is 36.2 Å². The molecule has 0 saturated heterocycles. The maximum atomic E-state index is 14.6. The van der Waals surface area contributed by atoms with E-state index in [0.29, 0.717) is 10.4 Å². The molecule has 0 fully saturated rings. The lowest BCUT2D eigenvalue weighted by atomic mass is 10.0. The Labute approximate surface area is 211 Å². The molecule has 0 radical (unpaired) electrons. The smallest absolute Gasteiger partial charge is 0.355 e. The van der Waals surface area contributed by atoms with Crippen LogP contribution in [-0.2, 0) is 12.7 Å². The van der Waals surface area contributed by atoms with E-state index in [1.54, 1.807) is 6.92 Å². The maximum absolute atomic E-state index is 14.6. The van der Waals surface area contributed by atoms with E-state index >= 15 is 0 Å². The largest absolute Gasteiger partial charge is 0.455 e. The van der Waals surface area contributed by atoms with E-state index in [2.05, 4.69) is 31.1 Å². The van der Waals surface area contributed by atoms with Gasteiger partial charge in [-0.2, -0.15) is 28.3 Å². The second kappa shape index (κ2) is 10.1. The van der Waals surface area contributed by atoms with Crippen LogP contribution in [0, 0.1) is 24.1 Å². The van der Waals surface area contributed by atoms with Crippen molar-refractivity contribution in [1.82, 2.24) is 35.3 Å². The molecule has 15 heteroatoms. The summed E-state index contributed by atoms with van der Waals surface area (Å²) in [5.74, 6) is -3.56. The quantitative estimate of drug-likeness (QED) is 0.367. The number of amides is 2. The normalized spacial score (nSPS) is 11.2. The topological polar surface area (TPSA) is 143 Å². The van der Waals surface area contributed by atoms with Gasteiger partial charge in [0.15, 0.2) is 0 Å². The number of carbonyl (C=O) groups excluding carboxylic acids is 2. The monoisotopic (exact) mass is 527 g/mol. The Bertz CT molecular complexity index is 1580. The number of rotatable bonds is 6. The van der Waals surface area contributed by atoms with Crippen LogP contribution in [0.3, 0.4) is 0 Å². The van der Waals surface area contributed by atoms with Gasteiger partial charge < -0.3 is 10.6 Å². The van der Waals surface area contributed by atoms with Gasteiger partial charge in [0.1, 0.15) is 23.7 Å². The number of anilines is 1. The van der Waals surface area contributed by atoms with Gasteiger partial charge in [-0.15, -0.1) is 10.2 Å². The molecule has 0 unspecified atom stereocenters. The van der Waals surface area contributed by atoms with E-state index in [4.69, 9.17) is 0 Å². The molecule has 4 aromatic rings. The number of nitrogens with zero attached hydrogens (tertiary/aromatic N) is 7. The first-order valence-corrected chi connectivity index (χ1v) is 10.8. The minimum atomic E-state index is -4.81. The Kier molecular flexibility index (Phi) is 6.89. The van der Waals surface area contributed by atoms with Gasteiger partial charge in [0, 0.05) is 7.05 Å². The second-order valence-electron chi connectivity index (χ2n) is 7.89. The van der Waals surface area contributed by atoms with Crippen molar-refractivity contribution in [2.75, 3.05) is 12.4 Å². The van der Waals surface area contributed by atoms with Crippen LogP contribution >= 0.6 is 0 Å². The number of alkyl halides is 3. The fourth-order valence-electron chi connectivity index (χ4n) is 3.55. The van der Waals surface area contributed by atoms with Crippen molar-refractivity contribution in [3.8, 4) is 11.8 Å². The minimum absolute atomic E-state index is 0.0149. The number of carbonyl (C=O) groups is 2. The van der Waals surface area contributed by atoms with Gasteiger partial charge >= 0.3 is 6.18 Å². The van der Waals surface area contributed by atoms with Crippen molar-refractivity contribution in [3.63, 3.8) is 0 Å². The molecule has 2 N–H and O–H groups in total. The van der Waals surface area contributed by atoms with E-state index in [1.165, 1.54) is 43.4 Å². The highest BCUT2D eigenvalue weighted by Crippen LogP contribution is 2.26. The Hall–Kier alpha value is -5.13. The molecular formula is C23H17F4N9O2. The summed E-state index contributed by atoms with van der Waals surface area (Å²) in [5, 5.41) is 28.0. The highest BCUT2D eigenvalue weighted by Gasteiger charge is 2.37. The molecule has 2 aromatic carbocycles. The van der Waals surface area contributed by atoms with Gasteiger partial charge in [0.25, 0.3) is 17.6 Å². The third-order valence-corrected chi connectivity index (χ3v) is 5.26. The summed E-state index contributed by atoms with van der Waals surface area (Å²) in [6.45, 7) is 1.17. The first kappa shape index (κ1) is 25.9. The zero-order chi connectivity index (χ0) is 27.6. The van der Waals surface area contributed by atoms with Crippen molar-refractivity contribution in [1.29, 1.82) is 5.26 Å². The predicted molar refractivity (Wildman–Crippen MR) is 123 cm³/mol. The molecule has 2 amide bonds. The first-order chi connectivity index (χ1) is 18.0. The lowest BCUT2D eigenvalue weighted by molar-refractivity contribution is -0.145.